The van der Waals surface area contributed by atoms with E-state index in [1.807, 2.05) is 6.92 Å². The first-order valence-corrected chi connectivity index (χ1v) is 9.61. The molecule has 0 aliphatic heterocycles. The van der Waals surface area contributed by atoms with Gasteiger partial charge in [-0.25, -0.2) is 24.3 Å². The van der Waals surface area contributed by atoms with Gasteiger partial charge in [0.1, 0.15) is 16.7 Å². The van der Waals surface area contributed by atoms with Crippen molar-refractivity contribution < 1.29 is 4.79 Å². The molecule has 10 heteroatoms. The lowest BCUT2D eigenvalue weighted by atomic mass is 10.1. The minimum Gasteiger partial charge on any atom is -0.306 e. The van der Waals surface area contributed by atoms with Crippen molar-refractivity contribution in [3.63, 3.8) is 0 Å². The normalized spacial score (nSPS) is 14.0. The molecule has 8 nitrogen and oxygen atoms in total. The Morgan fingerprint density at radius 3 is 3.00 bits per heavy atom. The van der Waals surface area contributed by atoms with Crippen LogP contribution in [0.15, 0.2) is 24.8 Å². The van der Waals surface area contributed by atoms with Gasteiger partial charge in [0.05, 0.1) is 33.8 Å². The summed E-state index contributed by atoms with van der Waals surface area (Å²) in [5.41, 5.74) is 3.71. The SMILES string of the molecule is Cc1nc2c(C3CC3)c(NC(=O)Nc3cc(Cl)c4ncnn4c3)cnc2s1. The molecule has 0 unspecified atom stereocenters. The van der Waals surface area contributed by atoms with Crippen LogP contribution >= 0.6 is 22.9 Å². The van der Waals surface area contributed by atoms with Crippen LogP contribution in [0.25, 0.3) is 16.0 Å². The molecule has 4 heterocycles. The lowest BCUT2D eigenvalue weighted by Gasteiger charge is -2.12. The fraction of sp³-hybridized carbons (Fsp3) is 0.235. The van der Waals surface area contributed by atoms with Gasteiger partial charge in [-0.05, 0) is 31.7 Å². The van der Waals surface area contributed by atoms with E-state index in [4.69, 9.17) is 11.6 Å². The lowest BCUT2D eigenvalue weighted by Crippen LogP contribution is -2.20. The van der Waals surface area contributed by atoms with E-state index in [0.717, 1.165) is 33.8 Å². The minimum atomic E-state index is -0.375. The van der Waals surface area contributed by atoms with Crippen LogP contribution in [0.1, 0.15) is 29.3 Å². The van der Waals surface area contributed by atoms with Crippen LogP contribution in [0, 0.1) is 6.92 Å². The summed E-state index contributed by atoms with van der Waals surface area (Å²) in [4.78, 5) is 26.6. The molecule has 4 aromatic rings. The molecular weight excluding hydrogens is 386 g/mol. The number of rotatable bonds is 3. The molecule has 0 aromatic carbocycles. The molecule has 2 N–H and O–H groups in total. The molecule has 136 valence electrons. The van der Waals surface area contributed by atoms with Crippen LogP contribution in [-0.4, -0.2) is 30.6 Å². The van der Waals surface area contributed by atoms with Crippen LogP contribution in [0.4, 0.5) is 16.2 Å². The summed E-state index contributed by atoms with van der Waals surface area (Å²) in [5, 5.41) is 11.1. The highest BCUT2D eigenvalue weighted by molar-refractivity contribution is 7.18. The topological polar surface area (TPSA) is 97.1 Å². The third kappa shape index (κ3) is 2.98. The fourth-order valence-corrected chi connectivity index (χ4v) is 4.15. The molecule has 0 radical (unpaired) electrons. The monoisotopic (exact) mass is 399 g/mol. The maximum Gasteiger partial charge on any atom is 0.323 e. The van der Waals surface area contributed by atoms with Crippen molar-refractivity contribution in [2.45, 2.75) is 25.7 Å². The average Bonchev–Trinajstić information content (AvgIpc) is 3.20. The molecular formula is C17H14ClN7OS. The Kier molecular flexibility index (Phi) is 3.73. The maximum atomic E-state index is 12.5. The van der Waals surface area contributed by atoms with Crippen molar-refractivity contribution in [2.24, 2.45) is 0 Å². The summed E-state index contributed by atoms with van der Waals surface area (Å²) in [6, 6.07) is 1.26. The van der Waals surface area contributed by atoms with Crippen molar-refractivity contribution >= 4 is 56.3 Å². The number of anilines is 2. The molecule has 5 rings (SSSR count). The zero-order chi connectivity index (χ0) is 18.5. The summed E-state index contributed by atoms with van der Waals surface area (Å²) >= 11 is 7.74. The van der Waals surface area contributed by atoms with Crippen LogP contribution in [-0.2, 0) is 0 Å². The Labute approximate surface area is 162 Å². The van der Waals surface area contributed by atoms with E-state index in [2.05, 4.69) is 30.7 Å². The molecule has 27 heavy (non-hydrogen) atoms. The number of halogens is 1. The van der Waals surface area contributed by atoms with Gasteiger partial charge in [-0.2, -0.15) is 5.10 Å². The van der Waals surface area contributed by atoms with E-state index < -0.39 is 0 Å². The van der Waals surface area contributed by atoms with Gasteiger partial charge in [0.2, 0.25) is 0 Å². The number of aromatic nitrogens is 5. The molecule has 0 saturated heterocycles. The highest BCUT2D eigenvalue weighted by Crippen LogP contribution is 2.46. The Morgan fingerprint density at radius 2 is 2.19 bits per heavy atom. The van der Waals surface area contributed by atoms with Gasteiger partial charge < -0.3 is 10.6 Å². The third-order valence-electron chi connectivity index (χ3n) is 4.39. The van der Waals surface area contributed by atoms with Crippen molar-refractivity contribution in [3.8, 4) is 0 Å². The van der Waals surface area contributed by atoms with Crippen LogP contribution < -0.4 is 10.6 Å². The first-order chi connectivity index (χ1) is 13.1. The van der Waals surface area contributed by atoms with E-state index in [-0.39, 0.29) is 6.03 Å². The molecule has 1 aliphatic carbocycles. The van der Waals surface area contributed by atoms with Gasteiger partial charge in [-0.1, -0.05) is 22.9 Å². The van der Waals surface area contributed by atoms with Gasteiger partial charge in [-0.3, -0.25) is 0 Å². The zero-order valence-corrected chi connectivity index (χ0v) is 15.8. The highest BCUT2D eigenvalue weighted by atomic mass is 35.5. The maximum absolute atomic E-state index is 12.5. The smallest absolute Gasteiger partial charge is 0.306 e. The number of fused-ring (bicyclic) bond motifs is 2. The van der Waals surface area contributed by atoms with E-state index in [9.17, 15) is 4.79 Å². The molecule has 0 spiro atoms. The second-order valence-electron chi connectivity index (χ2n) is 6.43. The third-order valence-corrected chi connectivity index (χ3v) is 5.55. The second-order valence-corrected chi connectivity index (χ2v) is 8.02. The Balaban J connectivity index is 1.44. The average molecular weight is 400 g/mol. The Hall–Kier alpha value is -2.78. The predicted octanol–water partition coefficient (Wildman–Crippen LogP) is 4.22. The number of nitrogens with zero attached hydrogens (tertiary/aromatic N) is 5. The number of hydrogen-bond donors (Lipinski definition) is 2. The first kappa shape index (κ1) is 16.4. The summed E-state index contributed by atoms with van der Waals surface area (Å²) < 4.78 is 1.51. The van der Waals surface area contributed by atoms with Crippen LogP contribution in [0.3, 0.4) is 0 Å². The van der Waals surface area contributed by atoms with Gasteiger partial charge in [0.15, 0.2) is 5.65 Å². The van der Waals surface area contributed by atoms with E-state index in [1.54, 1.807) is 29.8 Å². The van der Waals surface area contributed by atoms with Gasteiger partial charge in [0.25, 0.3) is 0 Å². The van der Waals surface area contributed by atoms with E-state index in [1.165, 1.54) is 10.8 Å². The van der Waals surface area contributed by atoms with Gasteiger partial charge in [0, 0.05) is 5.56 Å². The van der Waals surface area contributed by atoms with E-state index in [0.29, 0.717) is 28.0 Å². The molecule has 1 aliphatic rings. The number of nitrogens with one attached hydrogen (secondary N) is 2. The first-order valence-electron chi connectivity index (χ1n) is 8.41. The predicted molar refractivity (Wildman–Crippen MR) is 105 cm³/mol. The van der Waals surface area contributed by atoms with Crippen molar-refractivity contribution in [2.75, 3.05) is 10.6 Å². The van der Waals surface area contributed by atoms with Crippen molar-refractivity contribution in [3.05, 3.63) is 40.4 Å². The van der Waals surface area contributed by atoms with E-state index >= 15 is 0 Å². The number of carbonyl (C=O) groups is 1. The molecule has 1 fully saturated rings. The molecule has 0 atom stereocenters. The largest absolute Gasteiger partial charge is 0.323 e. The standard InChI is InChI=1S/C17H14ClN7OS/c1-8-22-14-13(9-2-3-9)12(5-19-16(14)27-8)24-17(26)23-10-4-11(18)15-20-7-21-25(15)6-10/h4-7,9H,2-3H2,1H3,(H2,23,24,26). The summed E-state index contributed by atoms with van der Waals surface area (Å²) in [6.07, 6.45) is 6.97. The summed E-state index contributed by atoms with van der Waals surface area (Å²) in [7, 11) is 0. The van der Waals surface area contributed by atoms with Gasteiger partial charge in [-0.15, -0.1) is 0 Å². The number of amides is 2. The Morgan fingerprint density at radius 1 is 1.33 bits per heavy atom. The summed E-state index contributed by atoms with van der Waals surface area (Å²) in [5.74, 6) is 0.424. The second kappa shape index (κ2) is 6.14. The van der Waals surface area contributed by atoms with Gasteiger partial charge >= 0.3 is 6.03 Å². The number of urea groups is 1. The molecule has 4 aromatic heterocycles. The van der Waals surface area contributed by atoms with Crippen LogP contribution in [0.5, 0.6) is 0 Å². The molecule has 1 saturated carbocycles. The number of pyridine rings is 2. The fourth-order valence-electron chi connectivity index (χ4n) is 3.12. The molecule has 2 amide bonds. The summed E-state index contributed by atoms with van der Waals surface area (Å²) in [6.45, 7) is 1.97. The zero-order valence-electron chi connectivity index (χ0n) is 14.2. The highest BCUT2D eigenvalue weighted by Gasteiger charge is 2.30. The number of hydrogen-bond acceptors (Lipinski definition) is 6. The lowest BCUT2D eigenvalue weighted by molar-refractivity contribution is 0.262. The quantitative estimate of drug-likeness (QED) is 0.537. The molecule has 0 bridgehead atoms. The van der Waals surface area contributed by atoms with Crippen molar-refractivity contribution in [1.29, 1.82) is 0 Å². The van der Waals surface area contributed by atoms with Crippen molar-refractivity contribution in [1.82, 2.24) is 24.6 Å². The number of carbonyl (C=O) groups excluding carboxylic acids is 1. The number of aryl methyl sites for hydroxylation is 1. The number of thiazole rings is 1. The minimum absolute atomic E-state index is 0.375. The Bertz CT molecular complexity index is 1200. The van der Waals surface area contributed by atoms with Crippen LogP contribution in [0.2, 0.25) is 5.02 Å².